The number of hydrogen-bond donors (Lipinski definition) is 4. The molecule has 0 saturated carbocycles. The van der Waals surface area contributed by atoms with Crippen LogP contribution >= 0.6 is 0 Å². The van der Waals surface area contributed by atoms with E-state index in [0.29, 0.717) is 36.2 Å². The second-order valence-electron chi connectivity index (χ2n) is 5.63. The number of hydrogen-bond acceptors (Lipinski definition) is 7. The molecule has 0 saturated heterocycles. The lowest BCUT2D eigenvalue weighted by Crippen LogP contribution is -2.32. The first-order valence-electron chi connectivity index (χ1n) is 8.66. The number of ether oxygens (including phenoxy) is 2. The van der Waals surface area contributed by atoms with Gasteiger partial charge >= 0.3 is 6.03 Å². The molecular formula is C18H26N6O3. The number of methoxy groups -OCH3 is 2. The van der Waals surface area contributed by atoms with Gasteiger partial charge in [0.25, 0.3) is 0 Å². The summed E-state index contributed by atoms with van der Waals surface area (Å²) >= 11 is 0. The predicted octanol–water partition coefficient (Wildman–Crippen LogP) is 2.47. The summed E-state index contributed by atoms with van der Waals surface area (Å²) in [6.07, 6.45) is 0. The minimum Gasteiger partial charge on any atom is -0.493 e. The smallest absolute Gasteiger partial charge is 0.319 e. The Kier molecular flexibility index (Phi) is 7.48. The standard InChI is InChI=1S/C18H26N6O3/c1-5-19-16-10-12(2)22-17(24-16)20-8-9-21-18(25)23-13-6-7-14(26-3)15(11-13)27-4/h6-7,10-11H,5,8-9H2,1-4H3,(H2,21,23,25)(H2,19,20,22,24). The molecule has 1 aromatic carbocycles. The largest absolute Gasteiger partial charge is 0.493 e. The molecule has 146 valence electrons. The van der Waals surface area contributed by atoms with Crippen molar-refractivity contribution in [1.29, 1.82) is 0 Å². The highest BCUT2D eigenvalue weighted by Gasteiger charge is 2.07. The van der Waals surface area contributed by atoms with Gasteiger partial charge in [-0.1, -0.05) is 0 Å². The maximum atomic E-state index is 12.0. The molecule has 0 unspecified atom stereocenters. The van der Waals surface area contributed by atoms with Gasteiger partial charge in [0.2, 0.25) is 5.95 Å². The molecule has 0 aliphatic carbocycles. The van der Waals surface area contributed by atoms with Crippen molar-refractivity contribution in [2.45, 2.75) is 13.8 Å². The van der Waals surface area contributed by atoms with Crippen molar-refractivity contribution in [2.24, 2.45) is 0 Å². The normalized spacial score (nSPS) is 10.1. The molecule has 1 aromatic heterocycles. The zero-order valence-corrected chi connectivity index (χ0v) is 16.0. The first-order chi connectivity index (χ1) is 13.0. The van der Waals surface area contributed by atoms with E-state index in [1.54, 1.807) is 32.4 Å². The van der Waals surface area contributed by atoms with E-state index in [1.807, 2.05) is 19.9 Å². The summed E-state index contributed by atoms with van der Waals surface area (Å²) in [5.74, 6) is 2.44. The number of nitrogens with one attached hydrogen (secondary N) is 4. The molecule has 9 heteroatoms. The third-order valence-corrected chi connectivity index (χ3v) is 3.55. The van der Waals surface area contributed by atoms with Gasteiger partial charge in [0.1, 0.15) is 5.82 Å². The number of aryl methyl sites for hydroxylation is 1. The molecule has 0 aliphatic rings. The van der Waals surface area contributed by atoms with Gasteiger partial charge in [-0.05, 0) is 26.0 Å². The lowest BCUT2D eigenvalue weighted by molar-refractivity contribution is 0.252. The summed E-state index contributed by atoms with van der Waals surface area (Å²) in [7, 11) is 3.10. The third-order valence-electron chi connectivity index (χ3n) is 3.55. The predicted molar refractivity (Wildman–Crippen MR) is 106 cm³/mol. The van der Waals surface area contributed by atoms with Gasteiger partial charge in [0.15, 0.2) is 11.5 Å². The first kappa shape index (κ1) is 20.1. The number of nitrogens with zero attached hydrogens (tertiary/aromatic N) is 2. The molecule has 27 heavy (non-hydrogen) atoms. The SMILES string of the molecule is CCNc1cc(C)nc(NCCNC(=O)Nc2ccc(OC)c(OC)c2)n1. The van der Waals surface area contributed by atoms with Gasteiger partial charge in [-0.15, -0.1) is 0 Å². The number of benzene rings is 1. The van der Waals surface area contributed by atoms with Gasteiger partial charge < -0.3 is 30.7 Å². The fourth-order valence-corrected chi connectivity index (χ4v) is 2.36. The van der Waals surface area contributed by atoms with E-state index in [4.69, 9.17) is 9.47 Å². The Bertz CT molecular complexity index is 769. The minimum atomic E-state index is -0.317. The lowest BCUT2D eigenvalue weighted by Gasteiger charge is -2.12. The van der Waals surface area contributed by atoms with Crippen molar-refractivity contribution < 1.29 is 14.3 Å². The van der Waals surface area contributed by atoms with Gasteiger partial charge in [-0.2, -0.15) is 4.98 Å². The van der Waals surface area contributed by atoms with Crippen LogP contribution in [0.25, 0.3) is 0 Å². The van der Waals surface area contributed by atoms with Crippen molar-refractivity contribution in [3.8, 4) is 11.5 Å². The fraction of sp³-hybridized carbons (Fsp3) is 0.389. The molecule has 0 bridgehead atoms. The van der Waals surface area contributed by atoms with Crippen molar-refractivity contribution in [3.63, 3.8) is 0 Å². The highest BCUT2D eigenvalue weighted by atomic mass is 16.5. The molecule has 0 radical (unpaired) electrons. The molecule has 1 heterocycles. The zero-order valence-electron chi connectivity index (χ0n) is 16.0. The van der Waals surface area contributed by atoms with Crippen LogP contribution in [-0.2, 0) is 0 Å². The number of rotatable bonds is 9. The molecule has 2 amide bonds. The molecule has 0 atom stereocenters. The number of carbonyl (C=O) groups excluding carboxylic acids is 1. The zero-order chi connectivity index (χ0) is 19.6. The summed E-state index contributed by atoms with van der Waals surface area (Å²) in [4.78, 5) is 20.7. The summed E-state index contributed by atoms with van der Waals surface area (Å²) in [5.41, 5.74) is 1.47. The van der Waals surface area contributed by atoms with E-state index in [-0.39, 0.29) is 6.03 Å². The van der Waals surface area contributed by atoms with Crippen LogP contribution in [0.1, 0.15) is 12.6 Å². The van der Waals surface area contributed by atoms with E-state index < -0.39 is 0 Å². The van der Waals surface area contributed by atoms with Crippen molar-refractivity contribution in [1.82, 2.24) is 15.3 Å². The third kappa shape index (κ3) is 6.21. The molecule has 0 aliphatic heterocycles. The second kappa shape index (κ2) is 10.0. The van der Waals surface area contributed by atoms with Crippen LogP contribution in [0.2, 0.25) is 0 Å². The highest BCUT2D eigenvalue weighted by molar-refractivity contribution is 5.89. The maximum Gasteiger partial charge on any atom is 0.319 e. The minimum absolute atomic E-state index is 0.317. The number of urea groups is 1. The molecule has 2 rings (SSSR count). The Morgan fingerprint density at radius 2 is 1.81 bits per heavy atom. The Balaban J connectivity index is 1.79. The van der Waals surface area contributed by atoms with Crippen LogP contribution in [0, 0.1) is 6.92 Å². The van der Waals surface area contributed by atoms with E-state index in [9.17, 15) is 4.79 Å². The van der Waals surface area contributed by atoms with E-state index >= 15 is 0 Å². The lowest BCUT2D eigenvalue weighted by atomic mass is 10.3. The molecule has 4 N–H and O–H groups in total. The van der Waals surface area contributed by atoms with Crippen molar-refractivity contribution in [3.05, 3.63) is 30.0 Å². The molecule has 0 spiro atoms. The Labute approximate surface area is 158 Å². The molecule has 9 nitrogen and oxygen atoms in total. The second-order valence-corrected chi connectivity index (χ2v) is 5.63. The number of aromatic nitrogens is 2. The van der Waals surface area contributed by atoms with Crippen LogP contribution < -0.4 is 30.7 Å². The van der Waals surface area contributed by atoms with Crippen LogP contribution in [0.3, 0.4) is 0 Å². The summed E-state index contributed by atoms with van der Waals surface area (Å²) in [6, 6.07) is 6.72. The first-order valence-corrected chi connectivity index (χ1v) is 8.66. The number of anilines is 3. The quantitative estimate of drug-likeness (QED) is 0.499. The van der Waals surface area contributed by atoms with Gasteiger partial charge in [-0.3, -0.25) is 0 Å². The fourth-order valence-electron chi connectivity index (χ4n) is 2.36. The van der Waals surface area contributed by atoms with E-state index in [1.165, 1.54) is 0 Å². The van der Waals surface area contributed by atoms with Crippen molar-refractivity contribution in [2.75, 3.05) is 49.8 Å². The van der Waals surface area contributed by atoms with E-state index in [0.717, 1.165) is 18.1 Å². The van der Waals surface area contributed by atoms with Crippen LogP contribution in [0.15, 0.2) is 24.3 Å². The topological polar surface area (TPSA) is 109 Å². The number of amides is 2. The summed E-state index contributed by atoms with van der Waals surface area (Å²) in [6.45, 7) is 5.60. The summed E-state index contributed by atoms with van der Waals surface area (Å²) in [5, 5.41) is 11.8. The average Bonchev–Trinajstić information content (AvgIpc) is 2.65. The number of carbonyl (C=O) groups is 1. The highest BCUT2D eigenvalue weighted by Crippen LogP contribution is 2.29. The van der Waals surface area contributed by atoms with Crippen LogP contribution in [-0.4, -0.2) is 49.9 Å². The van der Waals surface area contributed by atoms with Gasteiger partial charge in [0.05, 0.1) is 14.2 Å². The van der Waals surface area contributed by atoms with Crippen molar-refractivity contribution >= 4 is 23.5 Å². The maximum absolute atomic E-state index is 12.0. The van der Waals surface area contributed by atoms with Crippen LogP contribution in [0.5, 0.6) is 11.5 Å². The summed E-state index contributed by atoms with van der Waals surface area (Å²) < 4.78 is 10.4. The monoisotopic (exact) mass is 374 g/mol. The molecule has 2 aromatic rings. The van der Waals surface area contributed by atoms with E-state index in [2.05, 4.69) is 31.2 Å². The molecule has 0 fully saturated rings. The van der Waals surface area contributed by atoms with Crippen LogP contribution in [0.4, 0.5) is 22.2 Å². The Morgan fingerprint density at radius 3 is 2.52 bits per heavy atom. The van der Waals surface area contributed by atoms with Gasteiger partial charge in [-0.25, -0.2) is 9.78 Å². The average molecular weight is 374 g/mol. The Morgan fingerprint density at radius 1 is 1.04 bits per heavy atom. The van der Waals surface area contributed by atoms with Gasteiger partial charge in [0, 0.05) is 43.1 Å². The molecular weight excluding hydrogens is 348 g/mol. The Hall–Kier alpha value is -3.23.